The molecule has 1 fully saturated rings. The molecule has 0 radical (unpaired) electrons. The summed E-state index contributed by atoms with van der Waals surface area (Å²) in [5, 5.41) is 3.10. The Labute approximate surface area is 92.1 Å². The average Bonchev–Trinajstić information content (AvgIpc) is 1.98. The van der Waals surface area contributed by atoms with Crippen molar-refractivity contribution < 1.29 is 4.79 Å². The lowest BCUT2D eigenvalue weighted by atomic mass is 9.97. The number of carbonyl (C=O) groups excluding carboxylic acids is 1. The van der Waals surface area contributed by atoms with Gasteiger partial charge in [-0.1, -0.05) is 0 Å². The van der Waals surface area contributed by atoms with Crippen LogP contribution < -0.4 is 5.32 Å². The zero-order chi connectivity index (χ0) is 8.27. The second kappa shape index (κ2) is 7.42. The van der Waals surface area contributed by atoms with Gasteiger partial charge in [-0.3, -0.25) is 4.79 Å². The van der Waals surface area contributed by atoms with Gasteiger partial charge in [0.05, 0.1) is 0 Å². The normalized spacial score (nSPS) is 21.8. The Balaban J connectivity index is 0. The Bertz CT molecular complexity index is 155. The summed E-state index contributed by atoms with van der Waals surface area (Å²) in [6, 6.07) is 0. The molecule has 1 aliphatic rings. The van der Waals surface area contributed by atoms with Crippen molar-refractivity contribution in [3.05, 3.63) is 0 Å². The van der Waals surface area contributed by atoms with E-state index < -0.39 is 0 Å². The number of likely N-dealkylation sites (tertiary alicyclic amines) is 1. The van der Waals surface area contributed by atoms with Crippen LogP contribution in [-0.2, 0) is 4.79 Å². The first kappa shape index (κ1) is 15.5. The number of carbonyl (C=O) groups is 1. The van der Waals surface area contributed by atoms with Crippen molar-refractivity contribution in [3.63, 3.8) is 0 Å². The molecular formula is C8H18Cl2N2O. The first-order valence-electron chi connectivity index (χ1n) is 4.12. The molecule has 0 bridgehead atoms. The Morgan fingerprint density at radius 3 is 2.62 bits per heavy atom. The number of piperidine rings is 1. The van der Waals surface area contributed by atoms with E-state index in [0.717, 1.165) is 25.9 Å². The van der Waals surface area contributed by atoms with Crippen LogP contribution in [0.1, 0.15) is 12.8 Å². The maximum atomic E-state index is 11.2. The lowest BCUT2D eigenvalue weighted by molar-refractivity contribution is -0.133. The Hall–Kier alpha value is 0.01000. The van der Waals surface area contributed by atoms with E-state index in [-0.39, 0.29) is 30.7 Å². The predicted octanol–water partition coefficient (Wildman–Crippen LogP) is 0.918. The summed E-state index contributed by atoms with van der Waals surface area (Å²) in [6.07, 6.45) is 1.86. The molecule has 1 aliphatic heterocycles. The molecule has 0 aliphatic carbocycles. The van der Waals surface area contributed by atoms with E-state index in [1.54, 1.807) is 0 Å². The smallest absolute Gasteiger partial charge is 0.222 e. The maximum absolute atomic E-state index is 11.2. The molecule has 0 aromatic rings. The lowest BCUT2D eigenvalue weighted by Gasteiger charge is -2.28. The molecule has 80 valence electrons. The highest BCUT2D eigenvalue weighted by Crippen LogP contribution is 2.15. The van der Waals surface area contributed by atoms with E-state index in [1.807, 2.05) is 19.0 Å². The zero-order valence-electron chi connectivity index (χ0n) is 8.08. The van der Waals surface area contributed by atoms with Gasteiger partial charge in [0, 0.05) is 20.0 Å². The fourth-order valence-corrected chi connectivity index (χ4v) is 1.47. The summed E-state index contributed by atoms with van der Waals surface area (Å²) in [7, 11) is 3.81. The summed E-state index contributed by atoms with van der Waals surface area (Å²) in [5.41, 5.74) is 0. The lowest BCUT2D eigenvalue weighted by Crippen LogP contribution is -2.38. The maximum Gasteiger partial charge on any atom is 0.222 e. The third kappa shape index (κ3) is 4.69. The summed E-state index contributed by atoms with van der Waals surface area (Å²) in [6.45, 7) is 1.89. The van der Waals surface area contributed by atoms with Crippen molar-refractivity contribution in [1.29, 1.82) is 0 Å². The molecule has 1 rings (SSSR count). The summed E-state index contributed by atoms with van der Waals surface area (Å²) >= 11 is 0. The van der Waals surface area contributed by atoms with Crippen LogP contribution in [0.25, 0.3) is 0 Å². The molecule has 1 unspecified atom stereocenters. The van der Waals surface area contributed by atoms with Crippen LogP contribution in [0.3, 0.4) is 0 Å². The topological polar surface area (TPSA) is 32.3 Å². The number of hydrogen-bond donors (Lipinski definition) is 1. The fourth-order valence-electron chi connectivity index (χ4n) is 1.47. The molecule has 1 saturated heterocycles. The van der Waals surface area contributed by atoms with Crippen molar-refractivity contribution >= 4 is 30.7 Å². The number of nitrogens with zero attached hydrogens (tertiary/aromatic N) is 1. The molecular weight excluding hydrogens is 211 g/mol. The number of amides is 1. The molecule has 0 spiro atoms. The Morgan fingerprint density at radius 2 is 2.15 bits per heavy atom. The molecule has 1 atom stereocenters. The van der Waals surface area contributed by atoms with Crippen LogP contribution in [0.2, 0.25) is 0 Å². The van der Waals surface area contributed by atoms with Gasteiger partial charge in [-0.2, -0.15) is 0 Å². The molecule has 3 nitrogen and oxygen atoms in total. The molecule has 5 heteroatoms. The fraction of sp³-hybridized carbons (Fsp3) is 0.875. The van der Waals surface area contributed by atoms with E-state index in [1.165, 1.54) is 0 Å². The van der Waals surface area contributed by atoms with Gasteiger partial charge >= 0.3 is 0 Å². The summed E-state index contributed by atoms with van der Waals surface area (Å²) in [5.74, 6) is 0.847. The van der Waals surface area contributed by atoms with E-state index in [0.29, 0.717) is 5.92 Å². The number of halogens is 2. The van der Waals surface area contributed by atoms with Gasteiger partial charge in [0.25, 0.3) is 0 Å². The second-order valence-electron chi connectivity index (χ2n) is 3.23. The van der Waals surface area contributed by atoms with Crippen molar-refractivity contribution in [2.45, 2.75) is 12.8 Å². The molecule has 1 N–H and O–H groups in total. The van der Waals surface area contributed by atoms with Crippen LogP contribution in [0.5, 0.6) is 0 Å². The molecule has 0 aromatic heterocycles. The van der Waals surface area contributed by atoms with E-state index in [4.69, 9.17) is 0 Å². The van der Waals surface area contributed by atoms with Crippen molar-refractivity contribution in [1.82, 2.24) is 10.2 Å². The Kier molecular flexibility index (Phi) is 8.83. The highest BCUT2D eigenvalue weighted by molar-refractivity contribution is 5.85. The number of hydrogen-bond acceptors (Lipinski definition) is 2. The third-order valence-corrected chi connectivity index (χ3v) is 2.25. The van der Waals surface area contributed by atoms with E-state index in [2.05, 4.69) is 5.32 Å². The van der Waals surface area contributed by atoms with Crippen LogP contribution in [0, 0.1) is 5.92 Å². The summed E-state index contributed by atoms with van der Waals surface area (Å²) < 4.78 is 0. The summed E-state index contributed by atoms with van der Waals surface area (Å²) in [4.78, 5) is 13.0. The largest absolute Gasteiger partial charge is 0.346 e. The average molecular weight is 229 g/mol. The van der Waals surface area contributed by atoms with Crippen molar-refractivity contribution in [3.8, 4) is 0 Å². The van der Waals surface area contributed by atoms with Crippen molar-refractivity contribution in [2.75, 3.05) is 27.2 Å². The SMILES string of the molecule is CNCC1CCN(C)C(=O)C1.Cl.Cl. The van der Waals surface area contributed by atoms with Gasteiger partial charge < -0.3 is 10.2 Å². The van der Waals surface area contributed by atoms with Crippen molar-refractivity contribution in [2.24, 2.45) is 5.92 Å². The highest BCUT2D eigenvalue weighted by atomic mass is 35.5. The first-order chi connectivity index (χ1) is 5.24. The number of rotatable bonds is 2. The van der Waals surface area contributed by atoms with E-state index in [9.17, 15) is 4.79 Å². The predicted molar refractivity (Wildman–Crippen MR) is 58.8 cm³/mol. The molecule has 1 amide bonds. The van der Waals surface area contributed by atoms with Gasteiger partial charge in [0.1, 0.15) is 0 Å². The van der Waals surface area contributed by atoms with Gasteiger partial charge in [-0.15, -0.1) is 24.8 Å². The van der Waals surface area contributed by atoms with Crippen LogP contribution in [0.15, 0.2) is 0 Å². The van der Waals surface area contributed by atoms with E-state index >= 15 is 0 Å². The minimum absolute atomic E-state index is 0. The van der Waals surface area contributed by atoms with Gasteiger partial charge in [-0.25, -0.2) is 0 Å². The van der Waals surface area contributed by atoms with Gasteiger partial charge in [0.2, 0.25) is 5.91 Å². The molecule has 0 aromatic carbocycles. The first-order valence-corrected chi connectivity index (χ1v) is 4.12. The van der Waals surface area contributed by atoms with Crippen LogP contribution in [0.4, 0.5) is 0 Å². The van der Waals surface area contributed by atoms with Crippen LogP contribution >= 0.6 is 24.8 Å². The quantitative estimate of drug-likeness (QED) is 0.763. The molecule has 13 heavy (non-hydrogen) atoms. The molecule has 0 saturated carbocycles. The van der Waals surface area contributed by atoms with Gasteiger partial charge in [0.15, 0.2) is 0 Å². The number of nitrogens with one attached hydrogen (secondary N) is 1. The Morgan fingerprint density at radius 1 is 1.54 bits per heavy atom. The monoisotopic (exact) mass is 228 g/mol. The standard InChI is InChI=1S/C8H16N2O.2ClH/c1-9-6-7-3-4-10(2)8(11)5-7;;/h7,9H,3-6H2,1-2H3;2*1H. The third-order valence-electron chi connectivity index (χ3n) is 2.25. The zero-order valence-corrected chi connectivity index (χ0v) is 9.71. The molecule has 1 heterocycles. The van der Waals surface area contributed by atoms with Gasteiger partial charge in [-0.05, 0) is 25.9 Å². The van der Waals surface area contributed by atoms with Crippen LogP contribution in [-0.4, -0.2) is 38.0 Å². The minimum atomic E-state index is 0. The second-order valence-corrected chi connectivity index (χ2v) is 3.23. The minimum Gasteiger partial charge on any atom is -0.346 e. The highest BCUT2D eigenvalue weighted by Gasteiger charge is 2.21.